The molecule has 2 fully saturated rings. The monoisotopic (exact) mass is 344 g/mol. The van der Waals surface area contributed by atoms with Crippen LogP contribution >= 0.6 is 15.9 Å². The Labute approximate surface area is 130 Å². The maximum atomic E-state index is 3.55. The summed E-state index contributed by atoms with van der Waals surface area (Å²) in [5.41, 5.74) is 0. The van der Waals surface area contributed by atoms with Gasteiger partial charge in [-0.15, -0.1) is 0 Å². The van der Waals surface area contributed by atoms with Gasteiger partial charge in [-0.05, 0) is 37.0 Å². The van der Waals surface area contributed by atoms with Crippen molar-refractivity contribution >= 4 is 24.7 Å². The van der Waals surface area contributed by atoms with E-state index in [1.54, 1.807) is 56.7 Å². The van der Waals surface area contributed by atoms with E-state index in [-0.39, 0.29) is 8.80 Å². The first kappa shape index (κ1) is 16.1. The van der Waals surface area contributed by atoms with Gasteiger partial charge in [0.25, 0.3) is 0 Å². The summed E-state index contributed by atoms with van der Waals surface area (Å²) in [5.74, 6) is 3.34. The molecule has 0 bridgehead atoms. The van der Waals surface area contributed by atoms with Crippen molar-refractivity contribution in [3.05, 3.63) is 0 Å². The Balaban J connectivity index is 1.63. The molecule has 0 atom stereocenters. The second-order valence-corrected chi connectivity index (χ2v) is 11.7. The Morgan fingerprint density at radius 2 is 1.53 bits per heavy atom. The summed E-state index contributed by atoms with van der Waals surface area (Å²) in [7, 11) is -0.234. The molecule has 0 spiro atoms. The van der Waals surface area contributed by atoms with E-state index in [1.165, 1.54) is 24.6 Å². The van der Waals surface area contributed by atoms with E-state index in [4.69, 9.17) is 0 Å². The van der Waals surface area contributed by atoms with Crippen LogP contribution in [-0.2, 0) is 0 Å². The highest BCUT2D eigenvalue weighted by Gasteiger charge is 2.30. The molecule has 0 aromatic heterocycles. The minimum absolute atomic E-state index is 0.234. The molecule has 112 valence electrons. The van der Waals surface area contributed by atoms with Crippen molar-refractivity contribution < 1.29 is 0 Å². The SMILES string of the molecule is CC[SiH]1CCC(C2CCC(CCCCBr)CC2)CC1. The third-order valence-electron chi connectivity index (χ3n) is 6.02. The molecule has 2 heteroatoms. The van der Waals surface area contributed by atoms with E-state index in [0.29, 0.717) is 0 Å². The van der Waals surface area contributed by atoms with Crippen molar-refractivity contribution in [3.8, 4) is 0 Å². The van der Waals surface area contributed by atoms with Gasteiger partial charge in [0.15, 0.2) is 0 Å². The van der Waals surface area contributed by atoms with E-state index in [9.17, 15) is 0 Å². The molecule has 2 aliphatic rings. The Kier molecular flexibility index (Phi) is 7.50. The number of hydrogen-bond acceptors (Lipinski definition) is 0. The lowest BCUT2D eigenvalue weighted by Crippen LogP contribution is -2.28. The average molecular weight is 345 g/mol. The molecule has 1 aliphatic carbocycles. The Bertz CT molecular complexity index is 227. The number of rotatable bonds is 6. The number of unbranched alkanes of at least 4 members (excludes halogenated alkanes) is 1. The third-order valence-corrected chi connectivity index (χ3v) is 10.0. The normalized spacial score (nSPS) is 36.3. The summed E-state index contributed by atoms with van der Waals surface area (Å²) < 4.78 is 0. The van der Waals surface area contributed by atoms with Gasteiger partial charge in [-0.3, -0.25) is 0 Å². The van der Waals surface area contributed by atoms with E-state index in [1.807, 2.05) is 0 Å². The topological polar surface area (TPSA) is 0 Å². The summed E-state index contributed by atoms with van der Waals surface area (Å²) in [6.07, 6.45) is 13.8. The molecule has 0 aromatic carbocycles. The lowest BCUT2D eigenvalue weighted by Gasteiger charge is -2.37. The zero-order chi connectivity index (χ0) is 13.5. The maximum absolute atomic E-state index is 3.55. The van der Waals surface area contributed by atoms with Crippen molar-refractivity contribution in [1.82, 2.24) is 0 Å². The van der Waals surface area contributed by atoms with E-state index < -0.39 is 0 Å². The Hall–Kier alpha value is 0.697. The highest BCUT2D eigenvalue weighted by Crippen LogP contribution is 2.41. The van der Waals surface area contributed by atoms with Crippen LogP contribution in [0.2, 0.25) is 18.1 Å². The summed E-state index contributed by atoms with van der Waals surface area (Å²) in [4.78, 5) is 0. The summed E-state index contributed by atoms with van der Waals surface area (Å²) >= 11 is 3.55. The fraction of sp³-hybridized carbons (Fsp3) is 1.00. The Morgan fingerprint density at radius 1 is 0.895 bits per heavy atom. The van der Waals surface area contributed by atoms with E-state index in [0.717, 1.165) is 17.8 Å². The van der Waals surface area contributed by atoms with Crippen molar-refractivity contribution in [1.29, 1.82) is 0 Å². The smallest absolute Gasteiger partial charge is 0.0365 e. The molecule has 1 saturated heterocycles. The zero-order valence-electron chi connectivity index (χ0n) is 12.9. The molecule has 0 unspecified atom stereocenters. The summed E-state index contributed by atoms with van der Waals surface area (Å²) in [6, 6.07) is 4.91. The molecule has 19 heavy (non-hydrogen) atoms. The molecular weight excluding hydrogens is 312 g/mol. The predicted molar refractivity (Wildman–Crippen MR) is 93.1 cm³/mol. The molecule has 1 saturated carbocycles. The first-order valence-corrected chi connectivity index (χ1v) is 12.5. The predicted octanol–water partition coefficient (Wildman–Crippen LogP) is 6.02. The van der Waals surface area contributed by atoms with Crippen LogP contribution in [-0.4, -0.2) is 14.1 Å². The second kappa shape index (κ2) is 8.87. The van der Waals surface area contributed by atoms with E-state index in [2.05, 4.69) is 22.9 Å². The third kappa shape index (κ3) is 5.19. The van der Waals surface area contributed by atoms with Crippen molar-refractivity contribution in [2.75, 3.05) is 5.33 Å². The van der Waals surface area contributed by atoms with Crippen LogP contribution in [0.3, 0.4) is 0 Å². The molecule has 0 N–H and O–H groups in total. The van der Waals surface area contributed by atoms with Crippen LogP contribution < -0.4 is 0 Å². The van der Waals surface area contributed by atoms with Gasteiger partial charge >= 0.3 is 0 Å². The standard InChI is InChI=1S/C17H33BrSi/c1-2-19-13-10-17(11-14-19)16-8-6-15(7-9-16)5-3-4-12-18/h15-17,19H,2-14H2,1H3. The quantitative estimate of drug-likeness (QED) is 0.314. The van der Waals surface area contributed by atoms with Crippen LogP contribution in [0.1, 0.15) is 64.7 Å². The number of hydrogen-bond donors (Lipinski definition) is 0. The maximum Gasteiger partial charge on any atom is 0.0365 e. The van der Waals surface area contributed by atoms with Gasteiger partial charge in [0, 0.05) is 14.1 Å². The van der Waals surface area contributed by atoms with Crippen LogP contribution in [0, 0.1) is 17.8 Å². The van der Waals surface area contributed by atoms with Gasteiger partial charge in [-0.25, -0.2) is 0 Å². The van der Waals surface area contributed by atoms with Crippen LogP contribution in [0.25, 0.3) is 0 Å². The molecule has 0 nitrogen and oxygen atoms in total. The van der Waals surface area contributed by atoms with Gasteiger partial charge in [0.1, 0.15) is 0 Å². The molecule has 0 amide bonds. The van der Waals surface area contributed by atoms with Gasteiger partial charge in [-0.2, -0.15) is 0 Å². The number of halogens is 1. The van der Waals surface area contributed by atoms with Gasteiger partial charge in [0.05, 0.1) is 0 Å². The van der Waals surface area contributed by atoms with Crippen molar-refractivity contribution in [2.45, 2.75) is 82.8 Å². The van der Waals surface area contributed by atoms with Crippen LogP contribution in [0.4, 0.5) is 0 Å². The van der Waals surface area contributed by atoms with Gasteiger partial charge in [0.2, 0.25) is 0 Å². The molecule has 1 heterocycles. The average Bonchev–Trinajstić information content (AvgIpc) is 2.48. The summed E-state index contributed by atoms with van der Waals surface area (Å²) in [6.45, 7) is 2.44. The van der Waals surface area contributed by atoms with Crippen molar-refractivity contribution in [3.63, 3.8) is 0 Å². The van der Waals surface area contributed by atoms with Crippen LogP contribution in [0.15, 0.2) is 0 Å². The first-order valence-electron chi connectivity index (χ1n) is 8.89. The minimum Gasteiger partial charge on any atom is -0.0928 e. The Morgan fingerprint density at radius 3 is 2.11 bits per heavy atom. The first-order chi connectivity index (χ1) is 9.33. The highest BCUT2D eigenvalue weighted by atomic mass is 79.9. The minimum atomic E-state index is -0.234. The van der Waals surface area contributed by atoms with Gasteiger partial charge < -0.3 is 0 Å². The van der Waals surface area contributed by atoms with Crippen LogP contribution in [0.5, 0.6) is 0 Å². The summed E-state index contributed by atoms with van der Waals surface area (Å²) in [5, 5.41) is 1.20. The molecule has 1 aliphatic heterocycles. The zero-order valence-corrected chi connectivity index (χ0v) is 15.6. The van der Waals surface area contributed by atoms with Crippen molar-refractivity contribution in [2.24, 2.45) is 17.8 Å². The molecule has 2 rings (SSSR count). The lowest BCUT2D eigenvalue weighted by molar-refractivity contribution is 0.185. The highest BCUT2D eigenvalue weighted by molar-refractivity contribution is 9.09. The second-order valence-electron chi connectivity index (χ2n) is 7.15. The fourth-order valence-electron chi connectivity index (χ4n) is 4.54. The fourth-order valence-corrected chi connectivity index (χ4v) is 7.84. The number of alkyl halides is 1. The van der Waals surface area contributed by atoms with E-state index >= 15 is 0 Å². The molecular formula is C17H33BrSi. The van der Waals surface area contributed by atoms with Gasteiger partial charge in [-0.1, -0.05) is 79.5 Å². The molecule has 0 radical (unpaired) electrons. The lowest BCUT2D eigenvalue weighted by atomic mass is 9.73. The molecule has 0 aromatic rings. The largest absolute Gasteiger partial charge is 0.0928 e.